The van der Waals surface area contributed by atoms with Gasteiger partial charge >= 0.3 is 0 Å². The summed E-state index contributed by atoms with van der Waals surface area (Å²) in [4.78, 5) is 31.5. The zero-order valence-electron chi connectivity index (χ0n) is 17.3. The van der Waals surface area contributed by atoms with Crippen LogP contribution < -0.4 is 10.6 Å². The van der Waals surface area contributed by atoms with Crippen molar-refractivity contribution in [2.45, 2.75) is 25.2 Å². The van der Waals surface area contributed by atoms with Gasteiger partial charge in [-0.05, 0) is 43.4 Å². The fraction of sp³-hybridized carbons (Fsp3) is 0.261. The zero-order chi connectivity index (χ0) is 21.9. The molecule has 0 saturated heterocycles. The number of carbonyl (C=O) groups excluding carboxylic acids is 1. The van der Waals surface area contributed by atoms with Crippen LogP contribution in [0.25, 0.3) is 17.2 Å². The zero-order valence-corrected chi connectivity index (χ0v) is 18.1. The molecule has 2 aliphatic rings. The lowest BCUT2D eigenvalue weighted by Gasteiger charge is -2.25. The number of benzene rings is 1. The highest BCUT2D eigenvalue weighted by molar-refractivity contribution is 6.30. The average molecular weight is 446 g/mol. The predicted octanol–water partition coefficient (Wildman–Crippen LogP) is 3.92. The Morgan fingerprint density at radius 3 is 2.81 bits per heavy atom. The lowest BCUT2D eigenvalue weighted by atomic mass is 9.77. The summed E-state index contributed by atoms with van der Waals surface area (Å²) < 4.78 is 1.87. The van der Waals surface area contributed by atoms with Gasteiger partial charge in [0.1, 0.15) is 22.7 Å². The van der Waals surface area contributed by atoms with Gasteiger partial charge in [0.25, 0.3) is 0 Å². The van der Waals surface area contributed by atoms with Crippen LogP contribution in [0.1, 0.15) is 30.9 Å². The monoisotopic (exact) mass is 445 g/mol. The van der Waals surface area contributed by atoms with E-state index in [0.29, 0.717) is 34.1 Å². The number of hydrogen-bond acceptors (Lipinski definition) is 6. The van der Waals surface area contributed by atoms with Gasteiger partial charge in [-0.1, -0.05) is 23.7 Å². The summed E-state index contributed by atoms with van der Waals surface area (Å²) in [5.74, 6) is 2.09. The standard InChI is InChI=1S/C23H20ClN7O/c1-23(14-4-6-15(24)7-5-14)18-20(27-10-13-2-3-13)28-19(29-21(18)30-22(23)32)16-12-31-9-8-25-17(31)11-26-16/h4-9,11-13H,2-3,10H2,1H3,(H2,27,28,29,30,32). The second kappa shape index (κ2) is 7.00. The lowest BCUT2D eigenvalue weighted by molar-refractivity contribution is -0.119. The molecule has 1 aliphatic heterocycles. The van der Waals surface area contributed by atoms with E-state index in [2.05, 4.69) is 20.6 Å². The minimum atomic E-state index is -0.938. The smallest absolute Gasteiger partial charge is 0.240 e. The Morgan fingerprint density at radius 2 is 2.03 bits per heavy atom. The Balaban J connectivity index is 1.51. The van der Waals surface area contributed by atoms with Crippen LogP contribution in [0.4, 0.5) is 11.6 Å². The highest BCUT2D eigenvalue weighted by atomic mass is 35.5. The fourth-order valence-electron chi connectivity index (χ4n) is 4.18. The number of anilines is 2. The summed E-state index contributed by atoms with van der Waals surface area (Å²) in [6.07, 6.45) is 9.49. The van der Waals surface area contributed by atoms with Crippen molar-refractivity contribution in [2.75, 3.05) is 17.2 Å². The molecular formula is C23H20ClN7O. The number of fused-ring (bicyclic) bond motifs is 2. The molecule has 2 N–H and O–H groups in total. The number of rotatable bonds is 5. The van der Waals surface area contributed by atoms with E-state index in [1.807, 2.05) is 35.9 Å². The first-order chi connectivity index (χ1) is 15.5. The Morgan fingerprint density at radius 1 is 1.22 bits per heavy atom. The minimum Gasteiger partial charge on any atom is -0.369 e. The first kappa shape index (κ1) is 19.2. The summed E-state index contributed by atoms with van der Waals surface area (Å²) in [6.45, 7) is 2.71. The molecule has 1 aromatic carbocycles. The Kier molecular flexibility index (Phi) is 4.19. The van der Waals surface area contributed by atoms with Crippen LogP contribution in [-0.4, -0.2) is 36.8 Å². The molecule has 0 radical (unpaired) electrons. The Bertz CT molecular complexity index is 1360. The first-order valence-corrected chi connectivity index (χ1v) is 10.9. The van der Waals surface area contributed by atoms with E-state index < -0.39 is 5.41 Å². The molecule has 32 heavy (non-hydrogen) atoms. The predicted molar refractivity (Wildman–Crippen MR) is 122 cm³/mol. The molecule has 4 heterocycles. The third kappa shape index (κ3) is 3.02. The van der Waals surface area contributed by atoms with Crippen LogP contribution in [0.2, 0.25) is 5.02 Å². The van der Waals surface area contributed by atoms with Crippen LogP contribution in [-0.2, 0) is 10.2 Å². The number of carbonyl (C=O) groups is 1. The van der Waals surface area contributed by atoms with Crippen molar-refractivity contribution in [3.63, 3.8) is 0 Å². The molecule has 1 atom stereocenters. The highest BCUT2D eigenvalue weighted by Gasteiger charge is 2.48. The molecular weight excluding hydrogens is 426 g/mol. The molecule has 0 spiro atoms. The van der Waals surface area contributed by atoms with Gasteiger partial charge in [-0.15, -0.1) is 0 Å². The lowest BCUT2D eigenvalue weighted by Crippen LogP contribution is -2.33. The van der Waals surface area contributed by atoms with E-state index in [1.54, 1.807) is 24.5 Å². The van der Waals surface area contributed by atoms with Gasteiger partial charge < -0.3 is 15.0 Å². The Hall–Kier alpha value is -3.52. The summed E-state index contributed by atoms with van der Waals surface area (Å²) in [6, 6.07) is 7.35. The molecule has 0 bridgehead atoms. The van der Waals surface area contributed by atoms with Gasteiger partial charge in [-0.25, -0.2) is 19.9 Å². The molecule has 4 aromatic rings. The van der Waals surface area contributed by atoms with Gasteiger partial charge in [0.15, 0.2) is 11.5 Å². The van der Waals surface area contributed by atoms with E-state index in [0.717, 1.165) is 23.3 Å². The van der Waals surface area contributed by atoms with Crippen molar-refractivity contribution in [1.29, 1.82) is 0 Å². The summed E-state index contributed by atoms with van der Waals surface area (Å²) in [5, 5.41) is 7.09. The van der Waals surface area contributed by atoms with Crippen molar-refractivity contribution in [3.8, 4) is 11.5 Å². The van der Waals surface area contributed by atoms with Crippen LogP contribution in [0.15, 0.2) is 49.1 Å². The Labute approximate surface area is 189 Å². The third-order valence-electron chi connectivity index (χ3n) is 6.28. The van der Waals surface area contributed by atoms with E-state index in [9.17, 15) is 4.79 Å². The average Bonchev–Trinajstić information content (AvgIpc) is 3.44. The second-order valence-corrected chi connectivity index (χ2v) is 8.93. The van der Waals surface area contributed by atoms with Crippen molar-refractivity contribution in [1.82, 2.24) is 24.3 Å². The van der Waals surface area contributed by atoms with Crippen LogP contribution in [0, 0.1) is 5.92 Å². The number of hydrogen-bond donors (Lipinski definition) is 2. The molecule has 6 rings (SSSR count). The van der Waals surface area contributed by atoms with Gasteiger partial charge in [0.2, 0.25) is 5.91 Å². The van der Waals surface area contributed by atoms with E-state index in [-0.39, 0.29) is 5.91 Å². The number of nitrogens with zero attached hydrogens (tertiary/aromatic N) is 5. The maximum Gasteiger partial charge on any atom is 0.240 e. The normalized spacial score (nSPS) is 19.8. The van der Waals surface area contributed by atoms with Crippen LogP contribution >= 0.6 is 11.6 Å². The molecule has 3 aromatic heterocycles. The van der Waals surface area contributed by atoms with E-state index in [4.69, 9.17) is 21.6 Å². The SMILES string of the molecule is CC1(c2ccc(Cl)cc2)C(=O)Nc2nc(-c3cn4ccnc4cn3)nc(NCC3CC3)c21. The van der Waals surface area contributed by atoms with E-state index >= 15 is 0 Å². The largest absolute Gasteiger partial charge is 0.369 e. The summed E-state index contributed by atoms with van der Waals surface area (Å²) in [7, 11) is 0. The maximum atomic E-state index is 13.3. The molecule has 9 heteroatoms. The first-order valence-electron chi connectivity index (χ1n) is 10.6. The quantitative estimate of drug-likeness (QED) is 0.483. The molecule has 1 saturated carbocycles. The molecule has 1 aliphatic carbocycles. The number of imidazole rings is 1. The molecule has 160 valence electrons. The number of nitrogens with one attached hydrogen (secondary N) is 2. The molecule has 8 nitrogen and oxygen atoms in total. The summed E-state index contributed by atoms with van der Waals surface area (Å²) in [5.41, 5.74) is 1.99. The highest BCUT2D eigenvalue weighted by Crippen LogP contribution is 2.46. The minimum absolute atomic E-state index is 0.145. The van der Waals surface area contributed by atoms with Gasteiger partial charge in [-0.2, -0.15) is 0 Å². The van der Waals surface area contributed by atoms with Crippen molar-refractivity contribution < 1.29 is 4.79 Å². The van der Waals surface area contributed by atoms with Crippen LogP contribution in [0.5, 0.6) is 0 Å². The fourth-order valence-corrected chi connectivity index (χ4v) is 4.30. The number of amides is 1. The van der Waals surface area contributed by atoms with Gasteiger partial charge in [0.05, 0.1) is 11.8 Å². The number of halogens is 1. The third-order valence-corrected chi connectivity index (χ3v) is 6.53. The molecule has 1 amide bonds. The van der Waals surface area contributed by atoms with Crippen LogP contribution in [0.3, 0.4) is 0 Å². The number of aromatic nitrogens is 5. The van der Waals surface area contributed by atoms with Gasteiger partial charge in [0, 0.05) is 30.2 Å². The van der Waals surface area contributed by atoms with Crippen molar-refractivity contribution >= 4 is 34.8 Å². The van der Waals surface area contributed by atoms with Crippen molar-refractivity contribution in [2.24, 2.45) is 5.92 Å². The summed E-state index contributed by atoms with van der Waals surface area (Å²) >= 11 is 6.09. The second-order valence-electron chi connectivity index (χ2n) is 8.49. The van der Waals surface area contributed by atoms with Crippen molar-refractivity contribution in [3.05, 3.63) is 65.2 Å². The maximum absolute atomic E-state index is 13.3. The topological polar surface area (TPSA) is 97.1 Å². The van der Waals surface area contributed by atoms with Gasteiger partial charge in [-0.3, -0.25) is 4.79 Å². The van der Waals surface area contributed by atoms with E-state index in [1.165, 1.54) is 12.8 Å². The molecule has 1 fully saturated rings. The molecule has 1 unspecified atom stereocenters.